The van der Waals surface area contributed by atoms with Crippen LogP contribution in [0.3, 0.4) is 0 Å². The average molecular weight is 311 g/mol. The van der Waals surface area contributed by atoms with E-state index in [1.807, 2.05) is 22.6 Å². The normalized spacial score (nSPS) is 10.0. The third-order valence-corrected chi connectivity index (χ3v) is 2.72. The van der Waals surface area contributed by atoms with Crippen LogP contribution in [-0.4, -0.2) is 16.8 Å². The lowest BCUT2D eigenvalue weighted by atomic mass is 10.1. The average Bonchev–Trinajstić information content (AvgIpc) is 2.11. The van der Waals surface area contributed by atoms with Gasteiger partial charge in [0.05, 0.1) is 9.45 Å². The number of hydrogen-bond acceptors (Lipinski definition) is 2. The summed E-state index contributed by atoms with van der Waals surface area (Å²) < 4.78 is 0.748. The summed E-state index contributed by atoms with van der Waals surface area (Å²) in [5.41, 5.74) is 0.882. The van der Waals surface area contributed by atoms with Gasteiger partial charge in [-0.3, -0.25) is 4.79 Å². The zero-order valence-corrected chi connectivity index (χ0v) is 9.67. The topological polar surface area (TPSA) is 37.3 Å². The zero-order chi connectivity index (χ0) is 9.84. The van der Waals surface area contributed by atoms with E-state index in [9.17, 15) is 9.90 Å². The van der Waals surface area contributed by atoms with Gasteiger partial charge in [0.1, 0.15) is 5.75 Å². The number of Topliss-reactive ketones (excluding diaryl/α,β-unsaturated/α-hetero) is 1. The van der Waals surface area contributed by atoms with E-state index < -0.39 is 0 Å². The van der Waals surface area contributed by atoms with Gasteiger partial charge in [-0.05, 0) is 40.3 Å². The largest absolute Gasteiger partial charge is 0.507 e. The molecule has 0 aliphatic rings. The lowest BCUT2D eigenvalue weighted by Gasteiger charge is -2.01. The minimum atomic E-state index is -0.0110. The summed E-state index contributed by atoms with van der Waals surface area (Å²) in [6.07, 6.45) is 0.333. The van der Waals surface area contributed by atoms with Crippen LogP contribution in [0, 0.1) is 3.57 Å². The van der Waals surface area contributed by atoms with Gasteiger partial charge in [0.25, 0.3) is 0 Å². The van der Waals surface area contributed by atoms with Crippen molar-refractivity contribution in [1.82, 2.24) is 0 Å². The quantitative estimate of drug-likeness (QED) is 0.687. The van der Waals surface area contributed by atoms with E-state index in [0.29, 0.717) is 6.42 Å². The van der Waals surface area contributed by atoms with Crippen molar-refractivity contribution in [3.63, 3.8) is 0 Å². The molecule has 0 spiro atoms. The Balaban J connectivity index is 2.79. The van der Waals surface area contributed by atoms with E-state index in [4.69, 9.17) is 11.6 Å². The van der Waals surface area contributed by atoms with Gasteiger partial charge in [0.15, 0.2) is 5.78 Å². The van der Waals surface area contributed by atoms with Crippen LogP contribution in [-0.2, 0) is 11.2 Å². The molecule has 1 rings (SSSR count). The van der Waals surface area contributed by atoms with Crippen LogP contribution < -0.4 is 0 Å². The minimum absolute atomic E-state index is 0.0110. The van der Waals surface area contributed by atoms with Crippen LogP contribution in [0.25, 0.3) is 0 Å². The van der Waals surface area contributed by atoms with Gasteiger partial charge in [0, 0.05) is 6.42 Å². The predicted octanol–water partition coefficient (Wildman–Crippen LogP) is 2.35. The molecule has 0 amide bonds. The van der Waals surface area contributed by atoms with E-state index >= 15 is 0 Å². The molecule has 1 aromatic rings. The highest BCUT2D eigenvalue weighted by Gasteiger charge is 2.04. The first-order valence-electron chi connectivity index (χ1n) is 3.68. The Bertz CT molecular complexity index is 325. The summed E-state index contributed by atoms with van der Waals surface area (Å²) in [5.74, 6) is 0.267. The fraction of sp³-hybridized carbons (Fsp3) is 0.222. The summed E-state index contributed by atoms with van der Waals surface area (Å²) in [7, 11) is 0. The number of hydrogen-bond donors (Lipinski definition) is 1. The number of halogens is 2. The number of aromatic hydroxyl groups is 1. The molecule has 2 nitrogen and oxygen atoms in total. The molecule has 0 bridgehead atoms. The second-order valence-corrected chi connectivity index (χ2v) is 4.06. The van der Waals surface area contributed by atoms with Crippen LogP contribution in [0.2, 0.25) is 0 Å². The second-order valence-electron chi connectivity index (χ2n) is 2.63. The Morgan fingerprint density at radius 3 is 2.77 bits per heavy atom. The van der Waals surface area contributed by atoms with Gasteiger partial charge in [0.2, 0.25) is 0 Å². The molecule has 0 atom stereocenters. The second kappa shape index (κ2) is 4.81. The molecule has 0 saturated heterocycles. The lowest BCUT2D eigenvalue weighted by Crippen LogP contribution is -2.03. The molecule has 0 unspecified atom stereocenters. The van der Waals surface area contributed by atoms with E-state index in [2.05, 4.69) is 0 Å². The van der Waals surface area contributed by atoms with Crippen LogP contribution >= 0.6 is 34.2 Å². The molecular formula is C9H8ClIO2. The smallest absolute Gasteiger partial charge is 0.151 e. The molecule has 0 radical (unpaired) electrons. The molecule has 1 aromatic carbocycles. The van der Waals surface area contributed by atoms with E-state index in [1.165, 1.54) is 0 Å². The SMILES string of the molecule is O=C(CCl)Cc1ccc(O)c(I)c1. The van der Waals surface area contributed by atoms with Gasteiger partial charge in [-0.15, -0.1) is 11.6 Å². The number of carbonyl (C=O) groups is 1. The Morgan fingerprint density at radius 2 is 2.23 bits per heavy atom. The Kier molecular flexibility index (Phi) is 3.99. The molecule has 0 aliphatic heterocycles. The highest BCUT2D eigenvalue weighted by Crippen LogP contribution is 2.20. The van der Waals surface area contributed by atoms with Crippen molar-refractivity contribution in [3.8, 4) is 5.75 Å². The molecule has 0 aliphatic carbocycles. The zero-order valence-electron chi connectivity index (χ0n) is 6.76. The fourth-order valence-corrected chi connectivity index (χ4v) is 1.61. The third kappa shape index (κ3) is 3.15. The first-order chi connectivity index (χ1) is 6.13. The molecule has 70 valence electrons. The third-order valence-electron chi connectivity index (χ3n) is 1.56. The molecule has 0 heterocycles. The number of phenols is 1. The van der Waals surface area contributed by atoms with Gasteiger partial charge >= 0.3 is 0 Å². The minimum Gasteiger partial charge on any atom is -0.507 e. The first kappa shape index (κ1) is 10.8. The molecule has 0 fully saturated rings. The van der Waals surface area contributed by atoms with Crippen molar-refractivity contribution >= 4 is 40.0 Å². The maximum absolute atomic E-state index is 11.0. The molecule has 1 N–H and O–H groups in total. The fourth-order valence-electron chi connectivity index (χ4n) is 0.935. The number of alkyl halides is 1. The Morgan fingerprint density at radius 1 is 1.54 bits per heavy atom. The standard InChI is InChI=1S/C9H8ClIO2/c10-5-7(12)3-6-1-2-9(13)8(11)4-6/h1-2,4,13H,3,5H2. The highest BCUT2D eigenvalue weighted by atomic mass is 127. The molecule has 0 aromatic heterocycles. The van der Waals surface area contributed by atoms with E-state index in [0.717, 1.165) is 9.13 Å². The van der Waals surface area contributed by atoms with Crippen molar-refractivity contribution in [2.75, 3.05) is 5.88 Å². The number of rotatable bonds is 3. The molecule has 13 heavy (non-hydrogen) atoms. The Labute approximate surface area is 95.0 Å². The number of phenolic OH excluding ortho intramolecular Hbond substituents is 1. The highest BCUT2D eigenvalue weighted by molar-refractivity contribution is 14.1. The number of carbonyl (C=O) groups excluding carboxylic acids is 1. The van der Waals surface area contributed by atoms with E-state index in [1.54, 1.807) is 18.2 Å². The van der Waals surface area contributed by atoms with Crippen molar-refractivity contribution < 1.29 is 9.90 Å². The molecule has 4 heteroatoms. The predicted molar refractivity (Wildman–Crippen MR) is 60.3 cm³/mol. The summed E-state index contributed by atoms with van der Waals surface area (Å²) in [6, 6.07) is 5.08. The number of ketones is 1. The van der Waals surface area contributed by atoms with E-state index in [-0.39, 0.29) is 17.4 Å². The van der Waals surface area contributed by atoms with Gasteiger partial charge in [-0.1, -0.05) is 6.07 Å². The summed E-state index contributed by atoms with van der Waals surface area (Å²) >= 11 is 7.39. The van der Waals surface area contributed by atoms with Crippen molar-refractivity contribution in [2.24, 2.45) is 0 Å². The van der Waals surface area contributed by atoms with Crippen molar-refractivity contribution in [1.29, 1.82) is 0 Å². The summed E-state index contributed by atoms with van der Waals surface area (Å²) in [6.45, 7) is 0. The maximum atomic E-state index is 11.0. The van der Waals surface area contributed by atoms with Crippen LogP contribution in [0.5, 0.6) is 5.75 Å². The Hall–Kier alpha value is -0.290. The lowest BCUT2D eigenvalue weighted by molar-refractivity contribution is -0.116. The van der Waals surface area contributed by atoms with Crippen LogP contribution in [0.15, 0.2) is 18.2 Å². The number of benzene rings is 1. The molecular weight excluding hydrogens is 302 g/mol. The first-order valence-corrected chi connectivity index (χ1v) is 5.30. The molecule has 0 saturated carbocycles. The van der Waals surface area contributed by atoms with Gasteiger partial charge in [-0.25, -0.2) is 0 Å². The monoisotopic (exact) mass is 310 g/mol. The maximum Gasteiger partial charge on any atom is 0.151 e. The van der Waals surface area contributed by atoms with Crippen LogP contribution in [0.4, 0.5) is 0 Å². The van der Waals surface area contributed by atoms with Gasteiger partial charge in [-0.2, -0.15) is 0 Å². The van der Waals surface area contributed by atoms with Crippen LogP contribution in [0.1, 0.15) is 5.56 Å². The van der Waals surface area contributed by atoms with Gasteiger partial charge < -0.3 is 5.11 Å². The van der Waals surface area contributed by atoms with Crippen molar-refractivity contribution in [3.05, 3.63) is 27.3 Å². The van der Waals surface area contributed by atoms with Crippen molar-refractivity contribution in [2.45, 2.75) is 6.42 Å². The summed E-state index contributed by atoms with van der Waals surface area (Å²) in [4.78, 5) is 11.0. The summed E-state index contributed by atoms with van der Waals surface area (Å²) in [5, 5.41) is 9.22.